The minimum atomic E-state index is -0.643. The standard InChI is InChI=1S/C22H18N4O4S/c1-2-29-15-8-6-14(7-9-15)18-13-31-22(25-18)26-19(27)12-30-21(28)16-4-3-5-17-20(16)24-11-10-23-17/h3-11,13H,2,12H2,1H3,(H,25,26,27). The lowest BCUT2D eigenvalue weighted by atomic mass is 10.2. The quantitative estimate of drug-likeness (QED) is 0.439. The molecular formula is C22H18N4O4S. The van der Waals surface area contributed by atoms with Gasteiger partial charge in [-0.3, -0.25) is 20.1 Å². The number of ether oxygens (including phenoxy) is 2. The number of aromatic nitrogens is 3. The third-order valence-corrected chi connectivity index (χ3v) is 5.02. The fraction of sp³-hybridized carbons (Fsp3) is 0.136. The van der Waals surface area contributed by atoms with Crippen LogP contribution in [-0.2, 0) is 9.53 Å². The summed E-state index contributed by atoms with van der Waals surface area (Å²) >= 11 is 1.29. The normalized spacial score (nSPS) is 10.6. The van der Waals surface area contributed by atoms with Crippen molar-refractivity contribution in [1.29, 1.82) is 0 Å². The first-order chi connectivity index (χ1) is 15.1. The SMILES string of the molecule is CCOc1ccc(-c2csc(NC(=O)COC(=O)c3cccc4nccnc34)n2)cc1. The molecule has 4 rings (SSSR count). The monoisotopic (exact) mass is 434 g/mol. The molecule has 2 aromatic heterocycles. The number of hydrogen-bond donors (Lipinski definition) is 1. The minimum absolute atomic E-state index is 0.255. The van der Waals surface area contributed by atoms with E-state index >= 15 is 0 Å². The van der Waals surface area contributed by atoms with Crippen LogP contribution in [-0.4, -0.2) is 40.0 Å². The summed E-state index contributed by atoms with van der Waals surface area (Å²) in [6.45, 7) is 2.09. The van der Waals surface area contributed by atoms with Gasteiger partial charge < -0.3 is 9.47 Å². The van der Waals surface area contributed by atoms with Crippen molar-refractivity contribution < 1.29 is 19.1 Å². The zero-order valence-corrected chi connectivity index (χ0v) is 17.4. The van der Waals surface area contributed by atoms with E-state index in [4.69, 9.17) is 9.47 Å². The summed E-state index contributed by atoms with van der Waals surface area (Å²) < 4.78 is 10.6. The number of para-hydroxylation sites is 1. The molecule has 2 heterocycles. The van der Waals surface area contributed by atoms with E-state index in [1.807, 2.05) is 36.6 Å². The number of fused-ring (bicyclic) bond motifs is 1. The van der Waals surface area contributed by atoms with Gasteiger partial charge in [-0.1, -0.05) is 6.07 Å². The van der Waals surface area contributed by atoms with Crippen molar-refractivity contribution in [2.75, 3.05) is 18.5 Å². The van der Waals surface area contributed by atoms with E-state index in [9.17, 15) is 9.59 Å². The maximum Gasteiger partial charge on any atom is 0.340 e. The molecule has 1 amide bonds. The average molecular weight is 434 g/mol. The molecule has 9 heteroatoms. The minimum Gasteiger partial charge on any atom is -0.494 e. The van der Waals surface area contributed by atoms with Crippen LogP contribution in [0.1, 0.15) is 17.3 Å². The first-order valence-corrected chi connectivity index (χ1v) is 10.4. The molecule has 31 heavy (non-hydrogen) atoms. The van der Waals surface area contributed by atoms with Gasteiger partial charge in [0.05, 0.1) is 23.4 Å². The number of esters is 1. The number of rotatable bonds is 7. The molecule has 0 saturated heterocycles. The van der Waals surface area contributed by atoms with Crippen LogP contribution in [0.4, 0.5) is 5.13 Å². The van der Waals surface area contributed by atoms with Gasteiger partial charge in [-0.2, -0.15) is 0 Å². The fourth-order valence-corrected chi connectivity index (χ4v) is 3.61. The average Bonchev–Trinajstić information content (AvgIpc) is 3.26. The predicted molar refractivity (Wildman–Crippen MR) is 117 cm³/mol. The Kier molecular flexibility index (Phi) is 6.13. The first-order valence-electron chi connectivity index (χ1n) is 9.49. The van der Waals surface area contributed by atoms with Crippen LogP contribution in [0.25, 0.3) is 22.3 Å². The Labute approximate surface area is 181 Å². The summed E-state index contributed by atoms with van der Waals surface area (Å²) in [7, 11) is 0. The lowest BCUT2D eigenvalue weighted by molar-refractivity contribution is -0.119. The van der Waals surface area contributed by atoms with E-state index in [-0.39, 0.29) is 5.56 Å². The Morgan fingerprint density at radius 2 is 1.87 bits per heavy atom. The Morgan fingerprint density at radius 3 is 2.68 bits per heavy atom. The zero-order chi connectivity index (χ0) is 21.6. The molecule has 0 aliphatic rings. The molecule has 1 N–H and O–H groups in total. The highest BCUT2D eigenvalue weighted by molar-refractivity contribution is 7.14. The van der Waals surface area contributed by atoms with Gasteiger partial charge in [0.2, 0.25) is 0 Å². The van der Waals surface area contributed by atoms with Gasteiger partial charge in [-0.25, -0.2) is 9.78 Å². The first kappa shape index (κ1) is 20.4. The van der Waals surface area contributed by atoms with E-state index in [1.54, 1.807) is 24.4 Å². The topological polar surface area (TPSA) is 103 Å². The van der Waals surface area contributed by atoms with Crippen molar-refractivity contribution in [3.63, 3.8) is 0 Å². The van der Waals surface area contributed by atoms with Crippen molar-refractivity contribution in [1.82, 2.24) is 15.0 Å². The van der Waals surface area contributed by atoms with E-state index in [0.29, 0.717) is 22.8 Å². The summed E-state index contributed by atoms with van der Waals surface area (Å²) in [4.78, 5) is 37.3. The number of carbonyl (C=O) groups excluding carboxylic acids is 2. The summed E-state index contributed by atoms with van der Waals surface area (Å²) in [5.74, 6) is -0.336. The highest BCUT2D eigenvalue weighted by Crippen LogP contribution is 2.26. The van der Waals surface area contributed by atoms with Crippen LogP contribution in [0.2, 0.25) is 0 Å². The number of hydrogen-bond acceptors (Lipinski definition) is 8. The van der Waals surface area contributed by atoms with E-state index in [0.717, 1.165) is 17.0 Å². The summed E-state index contributed by atoms with van der Waals surface area (Å²) in [6.07, 6.45) is 3.04. The smallest absolute Gasteiger partial charge is 0.340 e. The molecule has 2 aromatic carbocycles. The lowest BCUT2D eigenvalue weighted by Gasteiger charge is -2.06. The van der Waals surface area contributed by atoms with Gasteiger partial charge in [0, 0.05) is 23.3 Å². The van der Waals surface area contributed by atoms with Gasteiger partial charge in [0.1, 0.15) is 11.3 Å². The number of thiazole rings is 1. The van der Waals surface area contributed by atoms with Gasteiger partial charge in [-0.15, -0.1) is 11.3 Å². The van der Waals surface area contributed by atoms with Crippen molar-refractivity contribution in [2.45, 2.75) is 6.92 Å². The molecule has 0 radical (unpaired) electrons. The third-order valence-electron chi connectivity index (χ3n) is 4.26. The van der Waals surface area contributed by atoms with E-state index in [2.05, 4.69) is 20.3 Å². The predicted octanol–water partition coefficient (Wildman–Crippen LogP) is 3.95. The second kappa shape index (κ2) is 9.31. The van der Waals surface area contributed by atoms with Crippen molar-refractivity contribution in [3.8, 4) is 17.0 Å². The summed E-state index contributed by atoms with van der Waals surface area (Å²) in [5.41, 5.74) is 2.89. The lowest BCUT2D eigenvalue weighted by Crippen LogP contribution is -2.21. The number of carbonyl (C=O) groups is 2. The van der Waals surface area contributed by atoms with E-state index < -0.39 is 18.5 Å². The molecule has 0 saturated carbocycles. The van der Waals surface area contributed by atoms with Crippen LogP contribution >= 0.6 is 11.3 Å². The van der Waals surface area contributed by atoms with Crippen molar-refractivity contribution in [3.05, 3.63) is 65.8 Å². The highest BCUT2D eigenvalue weighted by atomic mass is 32.1. The van der Waals surface area contributed by atoms with Gasteiger partial charge >= 0.3 is 5.97 Å². The highest BCUT2D eigenvalue weighted by Gasteiger charge is 2.15. The Morgan fingerprint density at radius 1 is 1.06 bits per heavy atom. The molecule has 8 nitrogen and oxygen atoms in total. The Balaban J connectivity index is 1.35. The molecule has 0 aliphatic heterocycles. The second-order valence-corrected chi connectivity index (χ2v) is 7.21. The molecule has 0 spiro atoms. The molecule has 156 valence electrons. The zero-order valence-electron chi connectivity index (χ0n) is 16.6. The van der Waals surface area contributed by atoms with Crippen LogP contribution < -0.4 is 10.1 Å². The summed E-state index contributed by atoms with van der Waals surface area (Å²) in [5, 5.41) is 4.90. The van der Waals surface area contributed by atoms with Gasteiger partial charge in [0.25, 0.3) is 5.91 Å². The van der Waals surface area contributed by atoms with Crippen LogP contribution in [0.15, 0.2) is 60.2 Å². The molecule has 0 bridgehead atoms. The largest absolute Gasteiger partial charge is 0.494 e. The van der Waals surface area contributed by atoms with Crippen LogP contribution in [0, 0.1) is 0 Å². The molecule has 0 fully saturated rings. The number of amides is 1. The number of anilines is 1. The van der Waals surface area contributed by atoms with Crippen molar-refractivity contribution in [2.24, 2.45) is 0 Å². The Bertz CT molecular complexity index is 1220. The second-order valence-electron chi connectivity index (χ2n) is 6.35. The summed E-state index contributed by atoms with van der Waals surface area (Å²) in [6, 6.07) is 12.6. The number of nitrogens with zero attached hydrogens (tertiary/aromatic N) is 3. The maximum atomic E-state index is 12.4. The molecule has 0 unspecified atom stereocenters. The number of benzene rings is 2. The van der Waals surface area contributed by atoms with Gasteiger partial charge in [-0.05, 0) is 43.3 Å². The Hall–Kier alpha value is -3.85. The van der Waals surface area contributed by atoms with Crippen LogP contribution in [0.3, 0.4) is 0 Å². The molecule has 4 aromatic rings. The van der Waals surface area contributed by atoms with Crippen LogP contribution in [0.5, 0.6) is 5.75 Å². The van der Waals surface area contributed by atoms with Gasteiger partial charge in [0.15, 0.2) is 11.7 Å². The van der Waals surface area contributed by atoms with E-state index in [1.165, 1.54) is 17.5 Å². The molecule has 0 atom stereocenters. The third kappa shape index (κ3) is 4.84. The molecule has 0 aliphatic carbocycles. The maximum absolute atomic E-state index is 12.4. The van der Waals surface area contributed by atoms with Crippen molar-refractivity contribution >= 4 is 39.4 Å². The number of nitrogens with one attached hydrogen (secondary N) is 1. The molecular weight excluding hydrogens is 416 g/mol. The fourth-order valence-electron chi connectivity index (χ4n) is 2.87.